The molecule has 0 aromatic carbocycles. The summed E-state index contributed by atoms with van der Waals surface area (Å²) in [4.78, 5) is 13.8. The Labute approximate surface area is 112 Å². The molecule has 5 heteroatoms. The lowest BCUT2D eigenvalue weighted by atomic mass is 10.1. The first-order chi connectivity index (χ1) is 8.87. The van der Waals surface area contributed by atoms with Crippen LogP contribution in [0.2, 0.25) is 0 Å². The molecule has 1 amide bonds. The molecule has 1 saturated carbocycles. The summed E-state index contributed by atoms with van der Waals surface area (Å²) in [5, 5.41) is 11.9. The number of aromatic nitrogens is 1. The molecule has 3 rings (SSSR count). The Kier molecular flexibility index (Phi) is 2.49. The Morgan fingerprint density at radius 1 is 1.53 bits per heavy atom. The molecule has 0 bridgehead atoms. The average molecular weight is 262 g/mol. The van der Waals surface area contributed by atoms with Gasteiger partial charge in [0.15, 0.2) is 6.20 Å². The predicted octanol–water partition coefficient (Wildman–Crippen LogP) is 2.18. The third-order valence-corrected chi connectivity index (χ3v) is 3.57. The molecule has 0 N–H and O–H groups in total. The first-order valence-corrected chi connectivity index (χ1v) is 6.59. The predicted molar refractivity (Wildman–Crippen MR) is 69.8 cm³/mol. The van der Waals surface area contributed by atoms with E-state index in [0.29, 0.717) is 29.8 Å². The molecule has 2 unspecified atom stereocenters. The number of nitrogens with zero attached hydrogens (tertiary/aromatic N) is 2. The van der Waals surface area contributed by atoms with Gasteiger partial charge in [0.1, 0.15) is 11.3 Å². The molecule has 1 fully saturated rings. The molecule has 1 aromatic heterocycles. The van der Waals surface area contributed by atoms with Crippen LogP contribution in [0.4, 0.5) is 10.5 Å². The molecule has 19 heavy (non-hydrogen) atoms. The second-order valence-electron chi connectivity index (χ2n) is 6.30. The summed E-state index contributed by atoms with van der Waals surface area (Å²) in [7, 11) is 0. The number of carbonyl (C=O) groups is 1. The summed E-state index contributed by atoms with van der Waals surface area (Å²) in [6, 6.07) is 3.49. The van der Waals surface area contributed by atoms with Crippen molar-refractivity contribution in [2.24, 2.45) is 5.92 Å². The van der Waals surface area contributed by atoms with Crippen molar-refractivity contribution in [2.75, 3.05) is 11.4 Å². The van der Waals surface area contributed by atoms with Gasteiger partial charge in [0.05, 0.1) is 5.92 Å². The number of rotatable bonds is 0. The van der Waals surface area contributed by atoms with Crippen molar-refractivity contribution in [1.82, 2.24) is 0 Å². The largest absolute Gasteiger partial charge is 0.618 e. The molecule has 1 aliphatic heterocycles. The first-order valence-electron chi connectivity index (χ1n) is 6.59. The highest BCUT2D eigenvalue weighted by Crippen LogP contribution is 2.53. The minimum atomic E-state index is -0.528. The van der Waals surface area contributed by atoms with Gasteiger partial charge in [0.2, 0.25) is 5.69 Å². The van der Waals surface area contributed by atoms with Crippen LogP contribution in [0.1, 0.15) is 38.8 Å². The zero-order chi connectivity index (χ0) is 13.8. The van der Waals surface area contributed by atoms with Gasteiger partial charge < -0.3 is 9.94 Å². The van der Waals surface area contributed by atoms with E-state index in [1.807, 2.05) is 26.8 Å². The minimum Gasteiger partial charge on any atom is -0.618 e. The van der Waals surface area contributed by atoms with E-state index >= 15 is 0 Å². The third-order valence-electron chi connectivity index (χ3n) is 3.57. The molecule has 102 valence electrons. The standard InChI is InChI=1S/C14H18N2O3/c1-14(2,3)19-13(17)15-8-9-7-10(9)12-11(15)5-4-6-16(12)18/h4-6,9-10H,7-8H2,1-3H3. The van der Waals surface area contributed by atoms with Crippen molar-refractivity contribution >= 4 is 11.8 Å². The average Bonchev–Trinajstić information content (AvgIpc) is 3.04. The SMILES string of the molecule is CC(C)(C)OC(=O)N1CC2CC2c2c1ccc[n+]2[O-]. The molecule has 1 aliphatic carbocycles. The highest BCUT2D eigenvalue weighted by molar-refractivity contribution is 5.89. The number of hydrogen-bond acceptors (Lipinski definition) is 3. The van der Waals surface area contributed by atoms with Crippen molar-refractivity contribution < 1.29 is 14.3 Å². The molecule has 1 aromatic rings. The topological polar surface area (TPSA) is 56.5 Å². The van der Waals surface area contributed by atoms with Crippen molar-refractivity contribution in [1.29, 1.82) is 0 Å². The number of hydrogen-bond donors (Lipinski definition) is 0. The molecule has 5 nitrogen and oxygen atoms in total. The van der Waals surface area contributed by atoms with Gasteiger partial charge in [0, 0.05) is 12.6 Å². The summed E-state index contributed by atoms with van der Waals surface area (Å²) < 4.78 is 6.30. The van der Waals surface area contributed by atoms with Gasteiger partial charge in [-0.3, -0.25) is 4.90 Å². The van der Waals surface area contributed by atoms with Gasteiger partial charge in [-0.15, -0.1) is 0 Å². The van der Waals surface area contributed by atoms with E-state index in [1.54, 1.807) is 11.0 Å². The van der Waals surface area contributed by atoms with Gasteiger partial charge >= 0.3 is 6.09 Å². The Morgan fingerprint density at radius 2 is 2.26 bits per heavy atom. The van der Waals surface area contributed by atoms with E-state index in [2.05, 4.69) is 0 Å². The lowest BCUT2D eigenvalue weighted by molar-refractivity contribution is -0.613. The summed E-state index contributed by atoms with van der Waals surface area (Å²) in [5.41, 5.74) is 0.884. The van der Waals surface area contributed by atoms with Crippen molar-refractivity contribution in [3.63, 3.8) is 0 Å². The van der Waals surface area contributed by atoms with Gasteiger partial charge in [-0.2, -0.15) is 4.73 Å². The highest BCUT2D eigenvalue weighted by Gasteiger charge is 2.52. The Bertz CT molecular complexity index is 536. The molecule has 2 atom stereocenters. The number of amides is 1. The third kappa shape index (κ3) is 2.13. The van der Waals surface area contributed by atoms with Gasteiger partial charge in [-0.1, -0.05) is 0 Å². The fourth-order valence-corrected chi connectivity index (χ4v) is 2.68. The van der Waals surface area contributed by atoms with Gasteiger partial charge in [0.25, 0.3) is 0 Å². The maximum absolute atomic E-state index is 12.2. The summed E-state index contributed by atoms with van der Waals surface area (Å²) >= 11 is 0. The smallest absolute Gasteiger partial charge is 0.415 e. The molecule has 2 aliphatic rings. The van der Waals surface area contributed by atoms with E-state index in [-0.39, 0.29) is 6.09 Å². The van der Waals surface area contributed by atoms with E-state index in [4.69, 9.17) is 4.74 Å². The quantitative estimate of drug-likeness (QED) is 0.532. The molecule has 0 saturated heterocycles. The van der Waals surface area contributed by atoms with Gasteiger partial charge in [-0.05, 0) is 39.2 Å². The second-order valence-corrected chi connectivity index (χ2v) is 6.30. The van der Waals surface area contributed by atoms with Crippen LogP contribution in [-0.4, -0.2) is 18.2 Å². The van der Waals surface area contributed by atoms with Crippen LogP contribution in [0, 0.1) is 11.1 Å². The number of fused-ring (bicyclic) bond motifs is 3. The van der Waals surface area contributed by atoms with Crippen LogP contribution >= 0.6 is 0 Å². The fraction of sp³-hybridized carbons (Fsp3) is 0.571. The Morgan fingerprint density at radius 3 is 2.95 bits per heavy atom. The van der Waals surface area contributed by atoms with E-state index in [0.717, 1.165) is 11.2 Å². The van der Waals surface area contributed by atoms with E-state index in [1.165, 1.54) is 6.20 Å². The maximum Gasteiger partial charge on any atom is 0.415 e. The molecule has 0 radical (unpaired) electrons. The van der Waals surface area contributed by atoms with Crippen LogP contribution in [-0.2, 0) is 4.74 Å². The molecular formula is C14H18N2O3. The van der Waals surface area contributed by atoms with Crippen molar-refractivity contribution in [2.45, 2.75) is 38.7 Å². The molecule has 0 spiro atoms. The van der Waals surface area contributed by atoms with Crippen molar-refractivity contribution in [3.8, 4) is 0 Å². The Hall–Kier alpha value is -1.78. The van der Waals surface area contributed by atoms with E-state index < -0.39 is 5.60 Å². The van der Waals surface area contributed by atoms with Crippen molar-refractivity contribution in [3.05, 3.63) is 29.2 Å². The fourth-order valence-electron chi connectivity index (χ4n) is 2.68. The van der Waals surface area contributed by atoms with Crippen LogP contribution in [0.25, 0.3) is 0 Å². The van der Waals surface area contributed by atoms with E-state index in [9.17, 15) is 10.0 Å². The lowest BCUT2D eigenvalue weighted by Crippen LogP contribution is -2.44. The van der Waals surface area contributed by atoms with Crippen LogP contribution in [0.5, 0.6) is 0 Å². The summed E-state index contributed by atoms with van der Waals surface area (Å²) in [6.07, 6.45) is 2.11. The normalized spacial score (nSPS) is 24.5. The molecule has 2 heterocycles. The number of ether oxygens (including phenoxy) is 1. The number of carbonyl (C=O) groups excluding carboxylic acids is 1. The molecular weight excluding hydrogens is 244 g/mol. The highest BCUT2D eigenvalue weighted by atomic mass is 16.6. The number of pyridine rings is 1. The summed E-state index contributed by atoms with van der Waals surface area (Å²) in [5.74, 6) is 0.718. The zero-order valence-electron chi connectivity index (χ0n) is 11.4. The zero-order valence-corrected chi connectivity index (χ0v) is 11.4. The van der Waals surface area contributed by atoms with Crippen LogP contribution in [0.3, 0.4) is 0 Å². The summed E-state index contributed by atoms with van der Waals surface area (Å²) in [6.45, 7) is 6.17. The van der Waals surface area contributed by atoms with Gasteiger partial charge in [-0.25, -0.2) is 4.79 Å². The Balaban J connectivity index is 1.94. The monoisotopic (exact) mass is 262 g/mol. The van der Waals surface area contributed by atoms with Crippen LogP contribution < -0.4 is 9.63 Å². The minimum absolute atomic E-state index is 0.312. The lowest BCUT2D eigenvalue weighted by Gasteiger charge is -2.30. The maximum atomic E-state index is 12.2. The van der Waals surface area contributed by atoms with Crippen LogP contribution in [0.15, 0.2) is 18.3 Å². The number of anilines is 1. The first kappa shape index (κ1) is 12.3. The second kappa shape index (κ2) is 3.85.